The second kappa shape index (κ2) is 11.4. The third-order valence-electron chi connectivity index (χ3n) is 5.99. The first kappa shape index (κ1) is 26.1. The minimum absolute atomic E-state index is 0.0935. The Morgan fingerprint density at radius 3 is 2.37 bits per heavy atom. The second-order valence-electron chi connectivity index (χ2n) is 8.43. The SMILES string of the molecule is COC(=O)C1CN(C(=O)c2ccc(NC(=O)C(N)=Cc3nccc(-c4ccc(OC)c(OC)c4)n3)cc2)C1. The number of esters is 1. The molecule has 1 aliphatic heterocycles. The number of nitrogens with one attached hydrogen (secondary N) is 1. The van der Waals surface area contributed by atoms with Crippen LogP contribution in [0.4, 0.5) is 5.69 Å². The zero-order chi connectivity index (χ0) is 27.2. The lowest BCUT2D eigenvalue weighted by molar-refractivity contribution is -0.149. The van der Waals surface area contributed by atoms with Crippen molar-refractivity contribution < 1.29 is 28.6 Å². The van der Waals surface area contributed by atoms with Crippen LogP contribution in [0.2, 0.25) is 0 Å². The van der Waals surface area contributed by atoms with E-state index in [1.54, 1.807) is 67.8 Å². The van der Waals surface area contributed by atoms with Gasteiger partial charge < -0.3 is 30.2 Å². The molecule has 0 bridgehead atoms. The van der Waals surface area contributed by atoms with Crippen molar-refractivity contribution in [2.75, 3.05) is 39.7 Å². The first-order chi connectivity index (χ1) is 18.3. The smallest absolute Gasteiger partial charge is 0.312 e. The second-order valence-corrected chi connectivity index (χ2v) is 8.43. The van der Waals surface area contributed by atoms with E-state index in [9.17, 15) is 14.4 Å². The van der Waals surface area contributed by atoms with Gasteiger partial charge in [-0.25, -0.2) is 9.97 Å². The van der Waals surface area contributed by atoms with E-state index in [2.05, 4.69) is 15.3 Å². The van der Waals surface area contributed by atoms with E-state index >= 15 is 0 Å². The van der Waals surface area contributed by atoms with E-state index < -0.39 is 5.91 Å². The molecule has 1 aliphatic rings. The largest absolute Gasteiger partial charge is 0.493 e. The fraction of sp³-hybridized carbons (Fsp3) is 0.222. The van der Waals surface area contributed by atoms with Crippen molar-refractivity contribution in [3.8, 4) is 22.8 Å². The molecule has 2 aromatic carbocycles. The summed E-state index contributed by atoms with van der Waals surface area (Å²) in [6, 6.07) is 13.5. The number of benzene rings is 2. The number of carbonyl (C=O) groups is 3. The van der Waals surface area contributed by atoms with Crippen LogP contribution in [0.25, 0.3) is 17.3 Å². The molecule has 38 heavy (non-hydrogen) atoms. The molecule has 1 saturated heterocycles. The Labute approximate surface area is 219 Å². The van der Waals surface area contributed by atoms with Gasteiger partial charge in [-0.3, -0.25) is 14.4 Å². The number of rotatable bonds is 8. The monoisotopic (exact) mass is 517 g/mol. The molecule has 2 heterocycles. The van der Waals surface area contributed by atoms with Crippen molar-refractivity contribution in [1.29, 1.82) is 0 Å². The zero-order valence-electron chi connectivity index (χ0n) is 21.1. The van der Waals surface area contributed by atoms with Gasteiger partial charge in [-0.05, 0) is 48.5 Å². The number of anilines is 1. The Kier molecular flexibility index (Phi) is 7.86. The molecule has 11 nitrogen and oxygen atoms in total. The highest BCUT2D eigenvalue weighted by Crippen LogP contribution is 2.31. The average molecular weight is 518 g/mol. The van der Waals surface area contributed by atoms with Crippen LogP contribution in [0, 0.1) is 5.92 Å². The summed E-state index contributed by atoms with van der Waals surface area (Å²) >= 11 is 0. The number of methoxy groups -OCH3 is 3. The van der Waals surface area contributed by atoms with Gasteiger partial charge in [0.15, 0.2) is 17.3 Å². The molecule has 196 valence electrons. The highest BCUT2D eigenvalue weighted by Gasteiger charge is 2.36. The Morgan fingerprint density at radius 1 is 1.00 bits per heavy atom. The molecule has 3 aromatic rings. The molecule has 0 aliphatic carbocycles. The lowest BCUT2D eigenvalue weighted by atomic mass is 9.99. The number of amides is 2. The van der Waals surface area contributed by atoms with Gasteiger partial charge in [-0.15, -0.1) is 0 Å². The van der Waals surface area contributed by atoms with Crippen LogP contribution in [-0.4, -0.2) is 67.1 Å². The van der Waals surface area contributed by atoms with Gasteiger partial charge in [0.1, 0.15) is 5.70 Å². The van der Waals surface area contributed by atoms with Crippen LogP contribution >= 0.6 is 0 Å². The molecule has 2 amide bonds. The standard InChI is InChI=1S/C27H27N5O6/c1-36-22-9-6-17(12-23(22)37-2)21-10-11-29-24(31-21)13-20(28)25(33)30-19-7-4-16(5-8-19)26(34)32-14-18(15-32)27(35)38-3/h4-13,18H,14-15,28H2,1-3H3,(H,30,33). The predicted octanol–water partition coefficient (Wildman–Crippen LogP) is 2.34. The van der Waals surface area contributed by atoms with Crippen LogP contribution in [0.5, 0.6) is 11.5 Å². The minimum atomic E-state index is -0.548. The molecular weight excluding hydrogens is 490 g/mol. The van der Waals surface area contributed by atoms with E-state index in [1.807, 2.05) is 6.07 Å². The summed E-state index contributed by atoms with van der Waals surface area (Å²) in [5.74, 6) is 0.0448. The molecule has 11 heteroatoms. The van der Waals surface area contributed by atoms with Crippen molar-refractivity contribution in [1.82, 2.24) is 14.9 Å². The molecule has 0 unspecified atom stereocenters. The Bertz CT molecular complexity index is 1380. The van der Waals surface area contributed by atoms with Crippen molar-refractivity contribution in [2.24, 2.45) is 11.7 Å². The summed E-state index contributed by atoms with van der Waals surface area (Å²) in [6.45, 7) is 0.640. The number of carbonyl (C=O) groups excluding carboxylic acids is 3. The van der Waals surface area contributed by atoms with E-state index in [0.29, 0.717) is 41.5 Å². The summed E-state index contributed by atoms with van der Waals surface area (Å²) < 4.78 is 15.3. The van der Waals surface area contributed by atoms with Gasteiger partial charge >= 0.3 is 5.97 Å². The first-order valence-corrected chi connectivity index (χ1v) is 11.6. The summed E-state index contributed by atoms with van der Waals surface area (Å²) in [4.78, 5) is 46.9. The number of hydrogen-bond donors (Lipinski definition) is 2. The van der Waals surface area contributed by atoms with Gasteiger partial charge in [-0.2, -0.15) is 0 Å². The van der Waals surface area contributed by atoms with Gasteiger partial charge in [0, 0.05) is 42.2 Å². The van der Waals surface area contributed by atoms with Crippen molar-refractivity contribution >= 4 is 29.5 Å². The summed E-state index contributed by atoms with van der Waals surface area (Å²) in [7, 11) is 4.43. The maximum Gasteiger partial charge on any atom is 0.312 e. The lowest BCUT2D eigenvalue weighted by Crippen LogP contribution is -2.53. The zero-order valence-corrected chi connectivity index (χ0v) is 21.1. The maximum atomic E-state index is 12.6. The molecule has 3 N–H and O–H groups in total. The number of nitrogens with zero attached hydrogens (tertiary/aromatic N) is 3. The van der Waals surface area contributed by atoms with Crippen LogP contribution in [0.1, 0.15) is 16.2 Å². The van der Waals surface area contributed by atoms with E-state index in [1.165, 1.54) is 13.2 Å². The molecule has 1 fully saturated rings. The summed E-state index contributed by atoms with van der Waals surface area (Å²) in [5.41, 5.74) is 8.19. The predicted molar refractivity (Wildman–Crippen MR) is 139 cm³/mol. The molecule has 0 radical (unpaired) electrons. The van der Waals surface area contributed by atoms with Crippen LogP contribution in [0.15, 0.2) is 60.4 Å². The van der Waals surface area contributed by atoms with Crippen LogP contribution < -0.4 is 20.5 Å². The molecule has 1 aromatic heterocycles. The lowest BCUT2D eigenvalue weighted by Gasteiger charge is -2.37. The van der Waals surface area contributed by atoms with E-state index in [4.69, 9.17) is 19.9 Å². The van der Waals surface area contributed by atoms with Crippen molar-refractivity contribution in [2.45, 2.75) is 0 Å². The highest BCUT2D eigenvalue weighted by molar-refractivity contribution is 6.06. The van der Waals surface area contributed by atoms with Gasteiger partial charge in [-0.1, -0.05) is 0 Å². The van der Waals surface area contributed by atoms with Gasteiger partial charge in [0.2, 0.25) is 0 Å². The normalized spacial score (nSPS) is 13.3. The molecular formula is C27H27N5O6. The number of ether oxygens (including phenoxy) is 3. The number of aromatic nitrogens is 2. The molecule has 0 spiro atoms. The number of likely N-dealkylation sites (tertiary alicyclic amines) is 1. The molecule has 0 saturated carbocycles. The van der Waals surface area contributed by atoms with E-state index in [0.717, 1.165) is 5.56 Å². The quantitative estimate of drug-likeness (QED) is 0.339. The van der Waals surface area contributed by atoms with Crippen LogP contribution in [-0.2, 0) is 14.3 Å². The van der Waals surface area contributed by atoms with Crippen molar-refractivity contribution in [3.63, 3.8) is 0 Å². The number of hydrogen-bond acceptors (Lipinski definition) is 9. The summed E-state index contributed by atoms with van der Waals surface area (Å²) in [6.07, 6.45) is 2.94. The maximum absolute atomic E-state index is 12.6. The van der Waals surface area contributed by atoms with E-state index in [-0.39, 0.29) is 29.3 Å². The topological polar surface area (TPSA) is 146 Å². The fourth-order valence-corrected chi connectivity index (χ4v) is 3.85. The summed E-state index contributed by atoms with van der Waals surface area (Å²) in [5, 5.41) is 2.68. The third-order valence-corrected chi connectivity index (χ3v) is 5.99. The highest BCUT2D eigenvalue weighted by atomic mass is 16.5. The number of nitrogens with two attached hydrogens (primary N) is 1. The molecule has 4 rings (SSSR count). The Balaban J connectivity index is 1.39. The molecule has 0 atom stereocenters. The van der Waals surface area contributed by atoms with Crippen LogP contribution in [0.3, 0.4) is 0 Å². The Morgan fingerprint density at radius 2 is 1.71 bits per heavy atom. The van der Waals surface area contributed by atoms with Crippen molar-refractivity contribution in [3.05, 3.63) is 71.8 Å². The fourth-order valence-electron chi connectivity index (χ4n) is 3.85. The van der Waals surface area contributed by atoms with Gasteiger partial charge in [0.05, 0.1) is 32.9 Å². The third kappa shape index (κ3) is 5.72. The van der Waals surface area contributed by atoms with Gasteiger partial charge in [0.25, 0.3) is 11.8 Å². The average Bonchev–Trinajstić information content (AvgIpc) is 2.92. The Hall–Kier alpha value is -4.93. The minimum Gasteiger partial charge on any atom is -0.493 e. The first-order valence-electron chi connectivity index (χ1n) is 11.6.